The number of carbonyl (C=O) groups is 1. The molecule has 0 aliphatic carbocycles. The molecule has 1 aromatic heterocycles. The van der Waals surface area contributed by atoms with E-state index in [-0.39, 0.29) is 11.8 Å². The number of aromatic nitrogens is 2. The van der Waals surface area contributed by atoms with Crippen molar-refractivity contribution in [1.29, 1.82) is 0 Å². The third-order valence-corrected chi connectivity index (χ3v) is 1.96. The standard InChI is InChI=1S/C8H12ClN3O/c1-12-5-4-10-7(12)2-3-11-8(13)6-9/h4-5H,2-3,6H2,1H3,(H,11,13). The van der Waals surface area contributed by atoms with Crippen molar-refractivity contribution in [3.63, 3.8) is 0 Å². The van der Waals surface area contributed by atoms with Gasteiger partial charge in [0.05, 0.1) is 0 Å². The minimum atomic E-state index is -0.143. The van der Waals surface area contributed by atoms with Crippen LogP contribution in [0.1, 0.15) is 5.82 Å². The topological polar surface area (TPSA) is 46.9 Å². The van der Waals surface area contributed by atoms with E-state index in [4.69, 9.17) is 11.6 Å². The molecule has 0 atom stereocenters. The van der Waals surface area contributed by atoms with Gasteiger partial charge < -0.3 is 9.88 Å². The summed E-state index contributed by atoms with van der Waals surface area (Å²) < 4.78 is 1.92. The number of carbonyl (C=O) groups excluding carboxylic acids is 1. The van der Waals surface area contributed by atoms with Crippen LogP contribution in [0.25, 0.3) is 0 Å². The minimum absolute atomic E-state index is 0.0144. The first-order chi connectivity index (χ1) is 6.24. The van der Waals surface area contributed by atoms with Crippen molar-refractivity contribution < 1.29 is 4.79 Å². The highest BCUT2D eigenvalue weighted by molar-refractivity contribution is 6.27. The molecule has 0 aromatic carbocycles. The summed E-state index contributed by atoms with van der Waals surface area (Å²) >= 11 is 5.31. The number of nitrogens with zero attached hydrogens (tertiary/aromatic N) is 2. The monoisotopic (exact) mass is 201 g/mol. The van der Waals surface area contributed by atoms with Crippen LogP contribution in [0.5, 0.6) is 0 Å². The van der Waals surface area contributed by atoms with Crippen molar-refractivity contribution >= 4 is 17.5 Å². The van der Waals surface area contributed by atoms with Crippen molar-refractivity contribution in [3.05, 3.63) is 18.2 Å². The number of nitrogens with one attached hydrogen (secondary N) is 1. The molecule has 0 fully saturated rings. The maximum Gasteiger partial charge on any atom is 0.234 e. The number of halogens is 1. The second-order valence-electron chi connectivity index (χ2n) is 2.69. The van der Waals surface area contributed by atoms with Gasteiger partial charge in [-0.05, 0) is 0 Å². The van der Waals surface area contributed by atoms with Crippen LogP contribution in [0.3, 0.4) is 0 Å². The van der Waals surface area contributed by atoms with Crippen LogP contribution in [0, 0.1) is 0 Å². The number of amides is 1. The zero-order chi connectivity index (χ0) is 9.68. The van der Waals surface area contributed by atoms with Crippen LogP contribution in [0.2, 0.25) is 0 Å². The van der Waals surface area contributed by atoms with Gasteiger partial charge in [0.2, 0.25) is 5.91 Å². The molecule has 0 spiro atoms. The lowest BCUT2D eigenvalue weighted by Gasteiger charge is -2.02. The summed E-state index contributed by atoms with van der Waals surface area (Å²) in [6.07, 6.45) is 4.34. The number of rotatable bonds is 4. The molecular formula is C8H12ClN3O. The van der Waals surface area contributed by atoms with Gasteiger partial charge in [0.25, 0.3) is 0 Å². The zero-order valence-electron chi connectivity index (χ0n) is 7.46. The highest BCUT2D eigenvalue weighted by atomic mass is 35.5. The molecular weight excluding hydrogens is 190 g/mol. The Balaban J connectivity index is 2.28. The summed E-state index contributed by atoms with van der Waals surface area (Å²) in [4.78, 5) is 14.9. The van der Waals surface area contributed by atoms with E-state index in [1.54, 1.807) is 6.20 Å². The Bertz CT molecular complexity index is 285. The van der Waals surface area contributed by atoms with Gasteiger partial charge in [-0.1, -0.05) is 0 Å². The van der Waals surface area contributed by atoms with Gasteiger partial charge in [0.1, 0.15) is 11.7 Å². The number of aryl methyl sites for hydroxylation is 1. The number of hydrogen-bond acceptors (Lipinski definition) is 2. The van der Waals surface area contributed by atoms with E-state index >= 15 is 0 Å². The van der Waals surface area contributed by atoms with E-state index in [0.29, 0.717) is 6.54 Å². The number of hydrogen-bond donors (Lipinski definition) is 1. The predicted molar refractivity (Wildman–Crippen MR) is 50.6 cm³/mol. The van der Waals surface area contributed by atoms with Gasteiger partial charge in [0.15, 0.2) is 0 Å². The second-order valence-corrected chi connectivity index (χ2v) is 2.96. The molecule has 0 aliphatic rings. The predicted octanol–water partition coefficient (Wildman–Crippen LogP) is 0.318. The maximum atomic E-state index is 10.8. The van der Waals surface area contributed by atoms with E-state index < -0.39 is 0 Å². The molecule has 1 rings (SSSR count). The molecule has 1 amide bonds. The molecule has 72 valence electrons. The summed E-state index contributed by atoms with van der Waals surface area (Å²) in [5.41, 5.74) is 0. The summed E-state index contributed by atoms with van der Waals surface area (Å²) in [5, 5.41) is 2.67. The summed E-state index contributed by atoms with van der Waals surface area (Å²) in [7, 11) is 1.92. The first-order valence-electron chi connectivity index (χ1n) is 4.03. The zero-order valence-corrected chi connectivity index (χ0v) is 8.21. The Kier molecular flexibility index (Phi) is 3.76. The molecule has 1 N–H and O–H groups in total. The molecule has 0 saturated carbocycles. The van der Waals surface area contributed by atoms with Gasteiger partial charge in [-0.2, -0.15) is 0 Å². The van der Waals surface area contributed by atoms with Gasteiger partial charge >= 0.3 is 0 Å². The molecule has 5 heteroatoms. The Labute approximate surface area is 81.9 Å². The molecule has 0 bridgehead atoms. The largest absolute Gasteiger partial charge is 0.355 e. The maximum absolute atomic E-state index is 10.8. The second kappa shape index (κ2) is 4.87. The number of imidazole rings is 1. The third kappa shape index (κ3) is 3.06. The lowest BCUT2D eigenvalue weighted by molar-refractivity contribution is -0.118. The smallest absolute Gasteiger partial charge is 0.234 e. The van der Waals surface area contributed by atoms with E-state index in [1.165, 1.54) is 0 Å². The van der Waals surface area contributed by atoms with Crippen molar-refractivity contribution in [2.24, 2.45) is 7.05 Å². The highest BCUT2D eigenvalue weighted by Crippen LogP contribution is 1.93. The molecule has 0 unspecified atom stereocenters. The molecule has 0 aliphatic heterocycles. The highest BCUT2D eigenvalue weighted by Gasteiger charge is 2.00. The Morgan fingerprint density at radius 1 is 1.77 bits per heavy atom. The van der Waals surface area contributed by atoms with Crippen LogP contribution in [-0.2, 0) is 18.3 Å². The van der Waals surface area contributed by atoms with Crippen molar-refractivity contribution in [2.45, 2.75) is 6.42 Å². The fraction of sp³-hybridized carbons (Fsp3) is 0.500. The average Bonchev–Trinajstić information content (AvgIpc) is 2.52. The van der Waals surface area contributed by atoms with Gasteiger partial charge in [-0.3, -0.25) is 4.79 Å². The molecule has 13 heavy (non-hydrogen) atoms. The van der Waals surface area contributed by atoms with Gasteiger partial charge in [0, 0.05) is 32.4 Å². The SMILES string of the molecule is Cn1ccnc1CCNC(=O)CCl. The Morgan fingerprint density at radius 2 is 2.54 bits per heavy atom. The van der Waals surface area contributed by atoms with Crippen molar-refractivity contribution in [2.75, 3.05) is 12.4 Å². The molecule has 1 heterocycles. The van der Waals surface area contributed by atoms with E-state index in [9.17, 15) is 4.79 Å². The van der Waals surface area contributed by atoms with Crippen molar-refractivity contribution in [3.8, 4) is 0 Å². The van der Waals surface area contributed by atoms with Crippen LogP contribution in [0.15, 0.2) is 12.4 Å². The lowest BCUT2D eigenvalue weighted by atomic mass is 10.4. The normalized spacial score (nSPS) is 10.0. The van der Waals surface area contributed by atoms with Crippen molar-refractivity contribution in [1.82, 2.24) is 14.9 Å². The average molecular weight is 202 g/mol. The molecule has 4 nitrogen and oxygen atoms in total. The molecule has 0 radical (unpaired) electrons. The first-order valence-corrected chi connectivity index (χ1v) is 4.56. The fourth-order valence-electron chi connectivity index (χ4n) is 0.998. The Hall–Kier alpha value is -1.03. The molecule has 0 saturated heterocycles. The van der Waals surface area contributed by atoms with Crippen LogP contribution in [-0.4, -0.2) is 27.9 Å². The van der Waals surface area contributed by atoms with Gasteiger partial charge in [-0.15, -0.1) is 11.6 Å². The fourth-order valence-corrected chi connectivity index (χ4v) is 1.09. The first kappa shape index (κ1) is 10.1. The van der Waals surface area contributed by atoms with Gasteiger partial charge in [-0.25, -0.2) is 4.98 Å². The summed E-state index contributed by atoms with van der Waals surface area (Å²) in [6.45, 7) is 0.580. The lowest BCUT2D eigenvalue weighted by Crippen LogP contribution is -2.27. The Morgan fingerprint density at radius 3 is 3.08 bits per heavy atom. The van der Waals surface area contributed by atoms with Crippen LogP contribution in [0.4, 0.5) is 0 Å². The quantitative estimate of drug-likeness (QED) is 0.714. The number of alkyl halides is 1. The van der Waals surface area contributed by atoms with E-state index in [0.717, 1.165) is 12.2 Å². The van der Waals surface area contributed by atoms with E-state index in [1.807, 2.05) is 17.8 Å². The molecule has 1 aromatic rings. The van der Waals surface area contributed by atoms with Crippen LogP contribution < -0.4 is 5.32 Å². The summed E-state index contributed by atoms with van der Waals surface area (Å²) in [6, 6.07) is 0. The summed E-state index contributed by atoms with van der Waals surface area (Å²) in [5.74, 6) is 0.825. The van der Waals surface area contributed by atoms with Crippen LogP contribution >= 0.6 is 11.6 Å². The third-order valence-electron chi connectivity index (χ3n) is 1.71. The minimum Gasteiger partial charge on any atom is -0.355 e. The van der Waals surface area contributed by atoms with E-state index in [2.05, 4.69) is 10.3 Å².